The van der Waals surface area contributed by atoms with E-state index in [1.807, 2.05) is 39.0 Å². The minimum absolute atomic E-state index is 0.237. The number of aliphatic imine (C=N–C) groups is 1. The zero-order valence-corrected chi connectivity index (χ0v) is 21.4. The molecule has 0 unspecified atom stereocenters. The first-order valence-corrected chi connectivity index (χ1v) is 13.1. The molecule has 0 radical (unpaired) electrons. The molecular formula is C25H36N4O3S. The van der Waals surface area contributed by atoms with Gasteiger partial charge in [-0.25, -0.2) is 18.1 Å². The lowest BCUT2D eigenvalue weighted by molar-refractivity contribution is 0.0832. The number of fused-ring (bicyclic) bond motifs is 1. The van der Waals surface area contributed by atoms with Gasteiger partial charge in [-0.15, -0.1) is 0 Å². The van der Waals surface area contributed by atoms with E-state index in [0.29, 0.717) is 17.0 Å². The molecule has 2 N–H and O–H groups in total. The second kappa shape index (κ2) is 10.1. The van der Waals surface area contributed by atoms with Gasteiger partial charge in [0.25, 0.3) is 10.0 Å². The zero-order valence-electron chi connectivity index (χ0n) is 20.6. The summed E-state index contributed by atoms with van der Waals surface area (Å²) in [5, 5.41) is 3.15. The van der Waals surface area contributed by atoms with E-state index >= 15 is 0 Å². The average molecular weight is 473 g/mol. The average Bonchev–Trinajstić information content (AvgIpc) is 2.75. The van der Waals surface area contributed by atoms with Gasteiger partial charge < -0.3 is 10.1 Å². The molecule has 0 amide bonds. The number of pyridine rings is 1. The van der Waals surface area contributed by atoms with Gasteiger partial charge in [-0.2, -0.15) is 0 Å². The molecule has 2 aromatic rings. The van der Waals surface area contributed by atoms with Crippen LogP contribution in [-0.2, 0) is 23.0 Å². The van der Waals surface area contributed by atoms with E-state index in [1.165, 1.54) is 0 Å². The summed E-state index contributed by atoms with van der Waals surface area (Å²) in [5.41, 5.74) is 3.80. The molecule has 33 heavy (non-hydrogen) atoms. The Morgan fingerprint density at radius 1 is 1.18 bits per heavy atom. The minimum atomic E-state index is -3.87. The molecule has 8 heteroatoms. The monoisotopic (exact) mass is 472 g/mol. The van der Waals surface area contributed by atoms with E-state index in [2.05, 4.69) is 40.8 Å². The highest BCUT2D eigenvalue weighted by Gasteiger charge is 2.33. The molecule has 0 bridgehead atoms. The fraction of sp³-hybridized carbons (Fsp3) is 0.520. The molecule has 180 valence electrons. The molecule has 2 heterocycles. The summed E-state index contributed by atoms with van der Waals surface area (Å²) >= 11 is 0. The molecule has 1 aliphatic rings. The van der Waals surface area contributed by atoms with E-state index < -0.39 is 10.0 Å². The summed E-state index contributed by atoms with van der Waals surface area (Å²) in [6.07, 6.45) is 5.23. The van der Waals surface area contributed by atoms with Crippen LogP contribution >= 0.6 is 0 Å². The lowest BCUT2D eigenvalue weighted by Gasteiger charge is -2.35. The van der Waals surface area contributed by atoms with Gasteiger partial charge in [-0.05, 0) is 88.3 Å². The van der Waals surface area contributed by atoms with Gasteiger partial charge in [-0.1, -0.05) is 19.4 Å². The Bertz CT molecular complexity index is 1130. The molecule has 0 saturated carbocycles. The maximum atomic E-state index is 13.6. The SMILES string of the molecule is CCCCNC(=NCc1ccccn1)NS(=O)(=O)c1c(C)c(C)c2c(c1C)CCC(C)(C)O2. The summed E-state index contributed by atoms with van der Waals surface area (Å²) in [6, 6.07) is 5.59. The lowest BCUT2D eigenvalue weighted by Crippen LogP contribution is -2.42. The van der Waals surface area contributed by atoms with Crippen molar-refractivity contribution in [2.75, 3.05) is 6.54 Å². The van der Waals surface area contributed by atoms with Crippen molar-refractivity contribution >= 4 is 16.0 Å². The summed E-state index contributed by atoms with van der Waals surface area (Å²) in [4.78, 5) is 9.08. The molecule has 1 aromatic heterocycles. The number of ether oxygens (including phenoxy) is 1. The van der Waals surface area contributed by atoms with Crippen molar-refractivity contribution < 1.29 is 13.2 Å². The summed E-state index contributed by atoms with van der Waals surface area (Å²) < 4.78 is 36.2. The first kappa shape index (κ1) is 25.0. The second-order valence-corrected chi connectivity index (χ2v) is 10.9. The maximum absolute atomic E-state index is 13.6. The highest BCUT2D eigenvalue weighted by atomic mass is 32.2. The third kappa shape index (κ3) is 5.85. The first-order valence-electron chi connectivity index (χ1n) is 11.6. The number of benzene rings is 1. The van der Waals surface area contributed by atoms with Gasteiger partial charge in [-0.3, -0.25) is 4.98 Å². The maximum Gasteiger partial charge on any atom is 0.264 e. The van der Waals surface area contributed by atoms with Crippen LogP contribution in [0.25, 0.3) is 0 Å². The van der Waals surface area contributed by atoms with E-state index in [9.17, 15) is 8.42 Å². The first-order chi connectivity index (χ1) is 15.6. The fourth-order valence-corrected chi connectivity index (χ4v) is 5.66. The molecule has 3 rings (SSSR count). The highest BCUT2D eigenvalue weighted by Crippen LogP contribution is 2.42. The predicted molar refractivity (Wildman–Crippen MR) is 132 cm³/mol. The van der Waals surface area contributed by atoms with E-state index in [-0.39, 0.29) is 18.1 Å². The number of sulfonamides is 1. The number of rotatable bonds is 7. The molecule has 1 aliphatic heterocycles. The number of guanidine groups is 1. The third-order valence-corrected chi connectivity index (χ3v) is 7.73. The predicted octanol–water partition coefficient (Wildman–Crippen LogP) is 4.33. The van der Waals surface area contributed by atoms with Gasteiger partial charge in [0.05, 0.1) is 17.1 Å². The van der Waals surface area contributed by atoms with Crippen LogP contribution in [0.5, 0.6) is 5.75 Å². The number of hydrogen-bond donors (Lipinski definition) is 2. The zero-order chi connectivity index (χ0) is 24.2. The number of nitrogens with zero attached hydrogens (tertiary/aromatic N) is 2. The van der Waals surface area contributed by atoms with Crippen molar-refractivity contribution in [3.8, 4) is 5.75 Å². The molecule has 7 nitrogen and oxygen atoms in total. The number of nitrogens with one attached hydrogen (secondary N) is 2. The Morgan fingerprint density at radius 3 is 2.61 bits per heavy atom. The van der Waals surface area contributed by atoms with Gasteiger partial charge in [0.15, 0.2) is 0 Å². The molecule has 0 spiro atoms. The standard InChI is InChI=1S/C25H36N4O3S/c1-7-8-14-27-24(28-16-20-11-9-10-15-26-20)29-33(30,31)23-18(3)17(2)22-21(19(23)4)12-13-25(5,6)32-22/h9-11,15H,7-8,12-14,16H2,1-6H3,(H2,27,28,29). The Labute approximate surface area is 198 Å². The quantitative estimate of drug-likeness (QED) is 0.355. The summed E-state index contributed by atoms with van der Waals surface area (Å²) in [7, 11) is -3.87. The summed E-state index contributed by atoms with van der Waals surface area (Å²) in [5.74, 6) is 1.06. The van der Waals surface area contributed by atoms with Crippen LogP contribution in [0.3, 0.4) is 0 Å². The van der Waals surface area contributed by atoms with E-state index in [4.69, 9.17) is 4.74 Å². The van der Waals surface area contributed by atoms with Crippen LogP contribution < -0.4 is 14.8 Å². The van der Waals surface area contributed by atoms with Crippen molar-refractivity contribution in [1.82, 2.24) is 15.0 Å². The molecule has 0 fully saturated rings. The minimum Gasteiger partial charge on any atom is -0.487 e. The number of unbranched alkanes of at least 4 members (excludes halogenated alkanes) is 1. The smallest absolute Gasteiger partial charge is 0.264 e. The van der Waals surface area contributed by atoms with Crippen LogP contribution in [0.15, 0.2) is 34.3 Å². The Hall–Kier alpha value is -2.61. The van der Waals surface area contributed by atoms with Crippen LogP contribution in [0.4, 0.5) is 0 Å². The van der Waals surface area contributed by atoms with E-state index in [0.717, 1.165) is 53.8 Å². The molecule has 0 aliphatic carbocycles. The van der Waals surface area contributed by atoms with Gasteiger partial charge in [0.1, 0.15) is 11.4 Å². The van der Waals surface area contributed by atoms with E-state index in [1.54, 1.807) is 6.20 Å². The topological polar surface area (TPSA) is 92.7 Å². The number of aromatic nitrogens is 1. The molecular weight excluding hydrogens is 436 g/mol. The van der Waals surface area contributed by atoms with Crippen LogP contribution in [0.1, 0.15) is 68.0 Å². The van der Waals surface area contributed by atoms with Gasteiger partial charge >= 0.3 is 0 Å². The molecule has 1 aromatic carbocycles. The normalized spacial score (nSPS) is 15.5. The van der Waals surface area contributed by atoms with Crippen molar-refractivity contribution in [2.45, 2.75) is 84.3 Å². The Kier molecular flexibility index (Phi) is 7.67. The highest BCUT2D eigenvalue weighted by molar-refractivity contribution is 7.90. The van der Waals surface area contributed by atoms with Crippen LogP contribution in [0.2, 0.25) is 0 Å². The molecule has 0 saturated heterocycles. The van der Waals surface area contributed by atoms with Crippen molar-refractivity contribution in [3.05, 3.63) is 52.3 Å². The fourth-order valence-electron chi connectivity index (χ4n) is 4.09. The number of hydrogen-bond acceptors (Lipinski definition) is 5. The third-order valence-electron chi connectivity index (χ3n) is 6.11. The largest absolute Gasteiger partial charge is 0.487 e. The Balaban J connectivity index is 1.96. The summed E-state index contributed by atoms with van der Waals surface area (Å²) in [6.45, 7) is 12.8. The van der Waals surface area contributed by atoms with Crippen LogP contribution in [-0.4, -0.2) is 31.5 Å². The Morgan fingerprint density at radius 2 is 1.94 bits per heavy atom. The van der Waals surface area contributed by atoms with Crippen molar-refractivity contribution in [1.29, 1.82) is 0 Å². The second-order valence-electron chi connectivity index (χ2n) is 9.25. The molecule has 0 atom stereocenters. The lowest BCUT2D eigenvalue weighted by atomic mass is 9.88. The van der Waals surface area contributed by atoms with Crippen molar-refractivity contribution in [3.63, 3.8) is 0 Å². The van der Waals surface area contributed by atoms with Gasteiger partial charge in [0, 0.05) is 12.7 Å². The van der Waals surface area contributed by atoms with Gasteiger partial charge in [0.2, 0.25) is 5.96 Å². The van der Waals surface area contributed by atoms with Crippen LogP contribution in [0, 0.1) is 20.8 Å². The van der Waals surface area contributed by atoms with Crippen molar-refractivity contribution in [2.24, 2.45) is 4.99 Å².